The molecule has 1 saturated carbocycles. The molecular formula is C16H17FO2. The van der Waals surface area contributed by atoms with E-state index in [4.69, 9.17) is 0 Å². The molecule has 0 amide bonds. The summed E-state index contributed by atoms with van der Waals surface area (Å²) in [6.07, 6.45) is 7.04. The molecule has 0 aliphatic heterocycles. The van der Waals surface area contributed by atoms with Crippen LogP contribution in [0.4, 0.5) is 4.39 Å². The maximum absolute atomic E-state index is 14.1. The standard InChI is InChI=1S/C16H17FO2/c1-10-13(16(15(18)19)6-2-3-7-16)8-12(9-14(10)17)11-4-5-11/h2,6,8-9,11H,3-5,7H2,1H3,(H,18,19). The summed E-state index contributed by atoms with van der Waals surface area (Å²) in [6.45, 7) is 1.68. The number of carboxylic acids is 1. The fourth-order valence-electron chi connectivity index (χ4n) is 3.01. The smallest absolute Gasteiger partial charge is 0.318 e. The van der Waals surface area contributed by atoms with E-state index in [-0.39, 0.29) is 5.82 Å². The minimum absolute atomic E-state index is 0.277. The van der Waals surface area contributed by atoms with Gasteiger partial charge in [0.1, 0.15) is 11.2 Å². The first-order chi connectivity index (χ1) is 9.04. The maximum Gasteiger partial charge on any atom is 0.318 e. The largest absolute Gasteiger partial charge is 0.480 e. The lowest BCUT2D eigenvalue weighted by atomic mass is 9.77. The zero-order chi connectivity index (χ0) is 13.6. The highest BCUT2D eigenvalue weighted by molar-refractivity contribution is 5.85. The third-order valence-corrected chi connectivity index (χ3v) is 4.39. The van der Waals surface area contributed by atoms with Gasteiger partial charge in [0.05, 0.1) is 0 Å². The van der Waals surface area contributed by atoms with Crippen LogP contribution < -0.4 is 0 Å². The van der Waals surface area contributed by atoms with Gasteiger partial charge in [-0.3, -0.25) is 4.79 Å². The van der Waals surface area contributed by atoms with E-state index in [9.17, 15) is 14.3 Å². The fraction of sp³-hybridized carbons (Fsp3) is 0.438. The van der Waals surface area contributed by atoms with Gasteiger partial charge in [-0.05, 0) is 61.3 Å². The Hall–Kier alpha value is -1.64. The van der Waals surface area contributed by atoms with Crippen molar-refractivity contribution < 1.29 is 14.3 Å². The highest BCUT2D eigenvalue weighted by atomic mass is 19.1. The SMILES string of the molecule is Cc1c(F)cc(C2CC2)cc1C1(C(=O)O)C=CCC1. The Bertz CT molecular complexity index is 572. The van der Waals surface area contributed by atoms with Crippen LogP contribution in [0.5, 0.6) is 0 Å². The van der Waals surface area contributed by atoms with Gasteiger partial charge in [-0.15, -0.1) is 0 Å². The molecule has 0 bridgehead atoms. The summed E-state index contributed by atoms with van der Waals surface area (Å²) in [5.74, 6) is -0.734. The number of carboxylic acid groups (broad SMARTS) is 1. The van der Waals surface area contributed by atoms with Crippen LogP contribution in [0.2, 0.25) is 0 Å². The average molecular weight is 260 g/mol. The Balaban J connectivity index is 2.17. The Kier molecular flexibility index (Phi) is 2.73. The van der Waals surface area contributed by atoms with Crippen molar-refractivity contribution >= 4 is 5.97 Å². The van der Waals surface area contributed by atoms with Crippen LogP contribution in [0.3, 0.4) is 0 Å². The maximum atomic E-state index is 14.1. The highest BCUT2D eigenvalue weighted by Gasteiger charge is 2.42. The van der Waals surface area contributed by atoms with E-state index in [0.29, 0.717) is 23.5 Å². The third kappa shape index (κ3) is 1.88. The van der Waals surface area contributed by atoms with Crippen molar-refractivity contribution in [2.75, 3.05) is 0 Å². The average Bonchev–Trinajstić information content (AvgIpc) is 3.10. The summed E-state index contributed by atoms with van der Waals surface area (Å²) in [5.41, 5.74) is 1.03. The third-order valence-electron chi connectivity index (χ3n) is 4.39. The monoisotopic (exact) mass is 260 g/mol. The second-order valence-corrected chi connectivity index (χ2v) is 5.67. The number of benzene rings is 1. The number of rotatable bonds is 3. The number of hydrogen-bond acceptors (Lipinski definition) is 1. The zero-order valence-corrected chi connectivity index (χ0v) is 10.9. The van der Waals surface area contributed by atoms with E-state index in [1.165, 1.54) is 0 Å². The molecule has 0 saturated heterocycles. The lowest BCUT2D eigenvalue weighted by molar-refractivity contribution is -0.141. The molecule has 0 aromatic heterocycles. The topological polar surface area (TPSA) is 37.3 Å². The molecule has 1 aromatic carbocycles. The Morgan fingerprint density at radius 2 is 2.16 bits per heavy atom. The minimum Gasteiger partial charge on any atom is -0.480 e. The highest BCUT2D eigenvalue weighted by Crippen LogP contribution is 2.44. The van der Waals surface area contributed by atoms with Gasteiger partial charge in [0.2, 0.25) is 0 Å². The van der Waals surface area contributed by atoms with Crippen LogP contribution in [-0.2, 0) is 10.2 Å². The lowest BCUT2D eigenvalue weighted by Gasteiger charge is -2.26. The molecule has 2 aliphatic rings. The summed E-state index contributed by atoms with van der Waals surface area (Å²) < 4.78 is 14.1. The molecule has 1 unspecified atom stereocenters. The molecule has 2 aliphatic carbocycles. The minimum atomic E-state index is -1.03. The number of halogens is 1. The Morgan fingerprint density at radius 3 is 2.68 bits per heavy atom. The first-order valence-corrected chi connectivity index (χ1v) is 6.76. The van der Waals surface area contributed by atoms with Crippen molar-refractivity contribution in [1.82, 2.24) is 0 Å². The van der Waals surface area contributed by atoms with Crippen LogP contribution in [0.25, 0.3) is 0 Å². The number of aliphatic carboxylic acids is 1. The summed E-state index contributed by atoms with van der Waals surface area (Å²) in [6, 6.07) is 3.49. The van der Waals surface area contributed by atoms with E-state index >= 15 is 0 Å². The van der Waals surface area contributed by atoms with E-state index in [2.05, 4.69) is 0 Å². The normalized spacial score (nSPS) is 25.8. The first kappa shape index (κ1) is 12.4. The summed E-state index contributed by atoms with van der Waals surface area (Å²) in [7, 11) is 0. The molecule has 3 heteroatoms. The summed E-state index contributed by atoms with van der Waals surface area (Å²) in [4.78, 5) is 11.7. The van der Waals surface area contributed by atoms with Crippen LogP contribution in [0.15, 0.2) is 24.3 Å². The van der Waals surface area contributed by atoms with Gasteiger partial charge in [0, 0.05) is 0 Å². The molecule has 19 heavy (non-hydrogen) atoms. The second kappa shape index (κ2) is 4.19. The van der Waals surface area contributed by atoms with E-state index in [1.807, 2.05) is 12.1 Å². The second-order valence-electron chi connectivity index (χ2n) is 5.67. The van der Waals surface area contributed by atoms with Gasteiger partial charge in [-0.1, -0.05) is 18.2 Å². The van der Waals surface area contributed by atoms with Crippen molar-refractivity contribution in [3.63, 3.8) is 0 Å². The lowest BCUT2D eigenvalue weighted by Crippen LogP contribution is -2.33. The quantitative estimate of drug-likeness (QED) is 0.842. The summed E-state index contributed by atoms with van der Waals surface area (Å²) in [5, 5.41) is 9.60. The molecule has 100 valence electrons. The molecule has 2 nitrogen and oxygen atoms in total. The molecule has 0 radical (unpaired) electrons. The molecule has 1 N–H and O–H groups in total. The van der Waals surface area contributed by atoms with Crippen molar-refractivity contribution in [1.29, 1.82) is 0 Å². The summed E-state index contributed by atoms with van der Waals surface area (Å²) >= 11 is 0. The van der Waals surface area contributed by atoms with Gasteiger partial charge < -0.3 is 5.11 Å². The van der Waals surface area contributed by atoms with E-state index < -0.39 is 11.4 Å². The van der Waals surface area contributed by atoms with Crippen molar-refractivity contribution in [2.45, 2.75) is 43.9 Å². The van der Waals surface area contributed by atoms with E-state index in [1.54, 1.807) is 19.1 Å². The van der Waals surface area contributed by atoms with Crippen LogP contribution in [0, 0.1) is 12.7 Å². The van der Waals surface area contributed by atoms with Crippen molar-refractivity contribution in [2.24, 2.45) is 0 Å². The van der Waals surface area contributed by atoms with E-state index in [0.717, 1.165) is 24.8 Å². The Labute approximate surface area is 112 Å². The van der Waals surface area contributed by atoms with Crippen LogP contribution in [-0.4, -0.2) is 11.1 Å². The molecular weight excluding hydrogens is 243 g/mol. The van der Waals surface area contributed by atoms with Gasteiger partial charge in [-0.25, -0.2) is 4.39 Å². The van der Waals surface area contributed by atoms with Gasteiger partial charge in [0.15, 0.2) is 0 Å². The Morgan fingerprint density at radius 1 is 1.42 bits per heavy atom. The molecule has 1 atom stereocenters. The number of allylic oxidation sites excluding steroid dienone is 1. The zero-order valence-electron chi connectivity index (χ0n) is 10.9. The molecule has 1 aromatic rings. The van der Waals surface area contributed by atoms with Crippen LogP contribution >= 0.6 is 0 Å². The molecule has 3 rings (SSSR count). The predicted octanol–water partition coefficient (Wildman–Crippen LogP) is 3.68. The molecule has 1 fully saturated rings. The van der Waals surface area contributed by atoms with Gasteiger partial charge in [-0.2, -0.15) is 0 Å². The van der Waals surface area contributed by atoms with Crippen LogP contribution in [0.1, 0.15) is 48.3 Å². The molecule has 0 spiro atoms. The van der Waals surface area contributed by atoms with Crippen molar-refractivity contribution in [3.8, 4) is 0 Å². The first-order valence-electron chi connectivity index (χ1n) is 6.76. The van der Waals surface area contributed by atoms with Gasteiger partial charge in [0.25, 0.3) is 0 Å². The van der Waals surface area contributed by atoms with Gasteiger partial charge >= 0.3 is 5.97 Å². The fourth-order valence-corrected chi connectivity index (χ4v) is 3.01. The molecule has 0 heterocycles. The number of hydrogen-bond donors (Lipinski definition) is 1. The van der Waals surface area contributed by atoms with Crippen molar-refractivity contribution in [3.05, 3.63) is 46.8 Å². The predicted molar refractivity (Wildman–Crippen MR) is 70.8 cm³/mol. The number of carbonyl (C=O) groups is 1.